The van der Waals surface area contributed by atoms with Gasteiger partial charge in [-0.05, 0) is 30.7 Å². The molecule has 1 unspecified atom stereocenters. The number of carbonyl (C=O) groups excluding carboxylic acids is 3. The fraction of sp³-hybridized carbons (Fsp3) is 0.190. The van der Waals surface area contributed by atoms with Gasteiger partial charge in [0.1, 0.15) is 12.4 Å². The topological polar surface area (TPSA) is 93.7 Å². The molecule has 2 N–H and O–H groups in total. The van der Waals surface area contributed by atoms with E-state index < -0.39 is 36.4 Å². The van der Waals surface area contributed by atoms with Crippen molar-refractivity contribution in [2.75, 3.05) is 13.2 Å². The van der Waals surface area contributed by atoms with Gasteiger partial charge < -0.3 is 20.1 Å². The Hall–Kier alpha value is -3.20. The number of halogens is 2. The van der Waals surface area contributed by atoms with Crippen molar-refractivity contribution in [3.8, 4) is 0 Å². The average Bonchev–Trinajstić information content (AvgIpc) is 2.74. The van der Waals surface area contributed by atoms with Gasteiger partial charge in [-0.2, -0.15) is 0 Å². The summed E-state index contributed by atoms with van der Waals surface area (Å²) in [4.78, 5) is 37.2. The van der Waals surface area contributed by atoms with Gasteiger partial charge in [0, 0.05) is 4.47 Å². The Morgan fingerprint density at radius 1 is 1.10 bits per heavy atom. The lowest BCUT2D eigenvalue weighted by atomic mass is 9.95. The van der Waals surface area contributed by atoms with Gasteiger partial charge >= 0.3 is 18.0 Å². The van der Waals surface area contributed by atoms with Crippen molar-refractivity contribution < 1.29 is 28.2 Å². The summed E-state index contributed by atoms with van der Waals surface area (Å²) in [5.74, 6) is -2.36. The van der Waals surface area contributed by atoms with Crippen molar-refractivity contribution in [2.24, 2.45) is 0 Å². The summed E-state index contributed by atoms with van der Waals surface area (Å²) in [5.41, 5.74) is 0.541. The number of urea groups is 1. The summed E-state index contributed by atoms with van der Waals surface area (Å²) < 4.78 is 24.8. The van der Waals surface area contributed by atoms with E-state index in [0.717, 1.165) is 6.07 Å². The van der Waals surface area contributed by atoms with E-state index in [2.05, 4.69) is 26.6 Å². The Morgan fingerprint density at radius 2 is 1.83 bits per heavy atom. The van der Waals surface area contributed by atoms with E-state index in [-0.39, 0.29) is 23.4 Å². The van der Waals surface area contributed by atoms with E-state index in [1.165, 1.54) is 12.1 Å². The molecule has 1 aliphatic heterocycles. The molecule has 2 aromatic rings. The van der Waals surface area contributed by atoms with Crippen molar-refractivity contribution in [1.82, 2.24) is 10.6 Å². The molecule has 0 bridgehead atoms. The van der Waals surface area contributed by atoms with Crippen LogP contribution in [0.3, 0.4) is 0 Å². The number of ether oxygens (including phenoxy) is 2. The Bertz CT molecular complexity index is 1010. The number of nitrogens with one attached hydrogen (secondary N) is 2. The van der Waals surface area contributed by atoms with E-state index in [0.29, 0.717) is 10.0 Å². The molecule has 2 aromatic carbocycles. The number of esters is 2. The maximum Gasteiger partial charge on any atom is 0.341 e. The molecule has 9 heteroatoms. The van der Waals surface area contributed by atoms with Crippen LogP contribution >= 0.6 is 15.9 Å². The van der Waals surface area contributed by atoms with Gasteiger partial charge in [0.2, 0.25) is 0 Å². The van der Waals surface area contributed by atoms with Gasteiger partial charge in [0.15, 0.2) is 0 Å². The van der Waals surface area contributed by atoms with Crippen LogP contribution in [0.4, 0.5) is 9.18 Å². The predicted molar refractivity (Wildman–Crippen MR) is 109 cm³/mol. The van der Waals surface area contributed by atoms with Crippen LogP contribution in [-0.4, -0.2) is 31.2 Å². The molecule has 0 spiro atoms. The molecule has 0 radical (unpaired) electrons. The highest BCUT2D eigenvalue weighted by atomic mass is 79.9. The molecule has 0 aromatic heterocycles. The zero-order valence-corrected chi connectivity index (χ0v) is 17.5. The lowest BCUT2D eigenvalue weighted by molar-refractivity contribution is -0.139. The van der Waals surface area contributed by atoms with E-state index >= 15 is 0 Å². The first-order valence-electron chi connectivity index (χ1n) is 9.05. The number of benzene rings is 2. The molecule has 7 nitrogen and oxygen atoms in total. The van der Waals surface area contributed by atoms with E-state index in [9.17, 15) is 18.8 Å². The van der Waals surface area contributed by atoms with Gasteiger partial charge in [0.05, 0.1) is 29.5 Å². The lowest BCUT2D eigenvalue weighted by Crippen LogP contribution is -2.47. The minimum absolute atomic E-state index is 0.0646. The maximum absolute atomic E-state index is 13.9. The van der Waals surface area contributed by atoms with Crippen molar-refractivity contribution in [3.63, 3.8) is 0 Å². The lowest BCUT2D eigenvalue weighted by Gasteiger charge is -2.29. The van der Waals surface area contributed by atoms with Crippen LogP contribution in [0.25, 0.3) is 0 Å². The standard InChI is InChI=1S/C21H18BrFN2O5/c1-2-29-20(27)17-16(11-30-19(26)14-10-13(22)8-9-15(14)23)24-21(28)25-18(17)12-6-4-3-5-7-12/h3-10,18H,2,11H2,1H3,(H2,24,25,28). The Kier molecular flexibility index (Phi) is 6.83. The van der Waals surface area contributed by atoms with E-state index in [4.69, 9.17) is 9.47 Å². The average molecular weight is 477 g/mol. The zero-order valence-electron chi connectivity index (χ0n) is 15.9. The molecule has 0 fully saturated rings. The Labute approximate surface area is 180 Å². The van der Waals surface area contributed by atoms with Crippen LogP contribution in [0.5, 0.6) is 0 Å². The second kappa shape index (κ2) is 9.53. The highest BCUT2D eigenvalue weighted by Gasteiger charge is 2.34. The van der Waals surface area contributed by atoms with Crippen LogP contribution in [0, 0.1) is 5.82 Å². The number of carbonyl (C=O) groups is 3. The highest BCUT2D eigenvalue weighted by Crippen LogP contribution is 2.28. The van der Waals surface area contributed by atoms with Crippen LogP contribution in [-0.2, 0) is 14.3 Å². The second-order valence-corrected chi connectivity index (χ2v) is 7.17. The quantitative estimate of drug-likeness (QED) is 0.621. The molecule has 1 heterocycles. The third-order valence-electron chi connectivity index (χ3n) is 4.28. The molecule has 2 amide bonds. The van der Waals surface area contributed by atoms with E-state index in [1.54, 1.807) is 37.3 Å². The number of amides is 2. The van der Waals surface area contributed by atoms with Crippen LogP contribution < -0.4 is 10.6 Å². The summed E-state index contributed by atoms with van der Waals surface area (Å²) in [5, 5.41) is 5.16. The second-order valence-electron chi connectivity index (χ2n) is 6.26. The van der Waals surface area contributed by atoms with Gasteiger partial charge in [-0.1, -0.05) is 46.3 Å². The van der Waals surface area contributed by atoms with Gasteiger partial charge in [-0.3, -0.25) is 0 Å². The summed E-state index contributed by atoms with van der Waals surface area (Å²) in [6.45, 7) is 1.32. The summed E-state index contributed by atoms with van der Waals surface area (Å²) in [6.07, 6.45) is 0. The van der Waals surface area contributed by atoms with Gasteiger partial charge in [-0.15, -0.1) is 0 Å². The third kappa shape index (κ3) is 4.85. The molecule has 30 heavy (non-hydrogen) atoms. The molecular weight excluding hydrogens is 459 g/mol. The van der Waals surface area contributed by atoms with Crippen molar-refractivity contribution in [2.45, 2.75) is 13.0 Å². The van der Waals surface area contributed by atoms with Crippen molar-refractivity contribution >= 4 is 33.9 Å². The minimum atomic E-state index is -0.937. The maximum atomic E-state index is 13.9. The summed E-state index contributed by atoms with van der Waals surface area (Å²) >= 11 is 3.17. The first-order valence-corrected chi connectivity index (χ1v) is 9.84. The van der Waals surface area contributed by atoms with Crippen molar-refractivity contribution in [1.29, 1.82) is 0 Å². The molecular formula is C21H18BrFN2O5. The highest BCUT2D eigenvalue weighted by molar-refractivity contribution is 9.10. The normalized spacial score (nSPS) is 15.8. The molecule has 1 atom stereocenters. The van der Waals surface area contributed by atoms with Crippen LogP contribution in [0.15, 0.2) is 64.3 Å². The van der Waals surface area contributed by atoms with Crippen LogP contribution in [0.1, 0.15) is 28.9 Å². The Morgan fingerprint density at radius 3 is 2.53 bits per heavy atom. The SMILES string of the molecule is CCOC(=O)C1=C(COC(=O)c2cc(Br)ccc2F)NC(=O)NC1c1ccccc1. The number of rotatable bonds is 6. The smallest absolute Gasteiger partial charge is 0.341 e. The number of hydrogen-bond donors (Lipinski definition) is 2. The number of hydrogen-bond acceptors (Lipinski definition) is 5. The summed E-state index contributed by atoms with van der Waals surface area (Å²) in [7, 11) is 0. The molecule has 1 aliphatic rings. The minimum Gasteiger partial charge on any atom is -0.463 e. The monoisotopic (exact) mass is 476 g/mol. The molecule has 0 saturated carbocycles. The predicted octanol–water partition coefficient (Wildman–Crippen LogP) is 3.62. The molecule has 0 saturated heterocycles. The molecule has 156 valence electrons. The first-order chi connectivity index (χ1) is 14.4. The third-order valence-corrected chi connectivity index (χ3v) is 4.77. The van der Waals surface area contributed by atoms with Crippen LogP contribution in [0.2, 0.25) is 0 Å². The zero-order chi connectivity index (χ0) is 21.7. The van der Waals surface area contributed by atoms with Gasteiger partial charge in [-0.25, -0.2) is 18.8 Å². The molecule has 3 rings (SSSR count). The van der Waals surface area contributed by atoms with E-state index in [1.807, 2.05) is 0 Å². The van der Waals surface area contributed by atoms with Gasteiger partial charge in [0.25, 0.3) is 0 Å². The largest absolute Gasteiger partial charge is 0.463 e. The van der Waals surface area contributed by atoms with Crippen molar-refractivity contribution in [3.05, 3.63) is 81.2 Å². The molecule has 0 aliphatic carbocycles. The first kappa shape index (κ1) is 21.5. The fourth-order valence-electron chi connectivity index (χ4n) is 2.95. The Balaban J connectivity index is 1.93. The summed E-state index contributed by atoms with van der Waals surface area (Å²) in [6, 6.07) is 11.3. The fourth-order valence-corrected chi connectivity index (χ4v) is 3.31.